The van der Waals surface area contributed by atoms with E-state index in [0.717, 1.165) is 36.8 Å². The van der Waals surface area contributed by atoms with E-state index < -0.39 is 17.3 Å². The van der Waals surface area contributed by atoms with Crippen LogP contribution in [-0.4, -0.2) is 4.98 Å². The van der Waals surface area contributed by atoms with Gasteiger partial charge in [0, 0.05) is 17.0 Å². The van der Waals surface area contributed by atoms with Crippen LogP contribution >= 0.6 is 0 Å². The Morgan fingerprint density at radius 2 is 1.90 bits per heavy atom. The van der Waals surface area contributed by atoms with Gasteiger partial charge in [0.1, 0.15) is 0 Å². The standard InChI is InChI=1S/C16H14F3NO/c17-16(18,19)13-9-15(21)20-14-7-6-11(8-12(13)14)10-4-2-1-3-5-10/h4,6-9H,1-3,5H2,(H,20,21). The Kier molecular flexibility index (Phi) is 3.35. The van der Waals surface area contributed by atoms with Crippen molar-refractivity contribution in [2.75, 3.05) is 0 Å². The number of rotatable bonds is 1. The number of allylic oxidation sites excluding steroid dienone is 2. The van der Waals surface area contributed by atoms with Crippen LogP contribution in [0.3, 0.4) is 0 Å². The van der Waals surface area contributed by atoms with E-state index in [1.165, 1.54) is 6.07 Å². The molecular formula is C16H14F3NO. The fraction of sp³-hybridized carbons (Fsp3) is 0.312. The molecule has 1 aliphatic rings. The highest BCUT2D eigenvalue weighted by molar-refractivity contribution is 5.86. The number of aromatic amines is 1. The number of hydrogen-bond donors (Lipinski definition) is 1. The first kappa shape index (κ1) is 13.9. The number of aromatic nitrogens is 1. The number of nitrogens with one attached hydrogen (secondary N) is 1. The molecule has 0 amide bonds. The van der Waals surface area contributed by atoms with Crippen LogP contribution in [0.4, 0.5) is 13.2 Å². The van der Waals surface area contributed by atoms with Crippen LogP contribution < -0.4 is 5.56 Å². The van der Waals surface area contributed by atoms with Gasteiger partial charge in [0.2, 0.25) is 5.56 Å². The molecule has 0 saturated heterocycles. The quantitative estimate of drug-likeness (QED) is 0.824. The summed E-state index contributed by atoms with van der Waals surface area (Å²) in [6, 6.07) is 5.49. The molecule has 0 fully saturated rings. The van der Waals surface area contributed by atoms with Crippen molar-refractivity contribution in [1.82, 2.24) is 4.98 Å². The first-order chi connectivity index (χ1) is 9.95. The maximum atomic E-state index is 13.1. The summed E-state index contributed by atoms with van der Waals surface area (Å²) in [6.07, 6.45) is 1.58. The van der Waals surface area contributed by atoms with Crippen molar-refractivity contribution >= 4 is 16.5 Å². The summed E-state index contributed by atoms with van der Waals surface area (Å²) >= 11 is 0. The van der Waals surface area contributed by atoms with Crippen LogP contribution in [0.2, 0.25) is 0 Å². The summed E-state index contributed by atoms with van der Waals surface area (Å²) in [5.41, 5.74) is 0.496. The summed E-state index contributed by atoms with van der Waals surface area (Å²) < 4.78 is 39.3. The normalized spacial score (nSPS) is 16.0. The minimum atomic E-state index is -4.54. The van der Waals surface area contributed by atoms with Gasteiger partial charge in [0.05, 0.1) is 5.56 Å². The van der Waals surface area contributed by atoms with Gasteiger partial charge in [-0.1, -0.05) is 12.1 Å². The second kappa shape index (κ2) is 5.06. The van der Waals surface area contributed by atoms with Crippen LogP contribution in [0.25, 0.3) is 16.5 Å². The van der Waals surface area contributed by atoms with Crippen molar-refractivity contribution in [1.29, 1.82) is 0 Å². The fourth-order valence-electron chi connectivity index (χ4n) is 2.79. The van der Waals surface area contributed by atoms with E-state index in [2.05, 4.69) is 11.1 Å². The highest BCUT2D eigenvalue weighted by atomic mass is 19.4. The monoisotopic (exact) mass is 293 g/mol. The molecular weight excluding hydrogens is 279 g/mol. The second-order valence-electron chi connectivity index (χ2n) is 5.28. The molecule has 110 valence electrons. The third kappa shape index (κ3) is 2.73. The van der Waals surface area contributed by atoms with Crippen LogP contribution in [0.1, 0.15) is 36.8 Å². The molecule has 2 nitrogen and oxygen atoms in total. The van der Waals surface area contributed by atoms with E-state index in [-0.39, 0.29) is 10.9 Å². The maximum Gasteiger partial charge on any atom is 0.417 e. The third-order valence-corrected chi connectivity index (χ3v) is 3.81. The van der Waals surface area contributed by atoms with E-state index in [1.54, 1.807) is 12.1 Å². The molecule has 2 aromatic rings. The first-order valence-electron chi connectivity index (χ1n) is 6.89. The Balaban J connectivity index is 2.22. The SMILES string of the molecule is O=c1cc(C(F)(F)F)c2cc(C3=CCCCC3)ccc2[nH]1. The van der Waals surface area contributed by atoms with Crippen molar-refractivity contribution in [2.45, 2.75) is 31.9 Å². The Morgan fingerprint density at radius 3 is 2.57 bits per heavy atom. The van der Waals surface area contributed by atoms with Crippen molar-refractivity contribution in [3.05, 3.63) is 51.8 Å². The summed E-state index contributed by atoms with van der Waals surface area (Å²) in [5, 5.41) is 0.0473. The lowest BCUT2D eigenvalue weighted by Crippen LogP contribution is -2.14. The third-order valence-electron chi connectivity index (χ3n) is 3.81. The van der Waals surface area contributed by atoms with Gasteiger partial charge in [-0.3, -0.25) is 4.79 Å². The van der Waals surface area contributed by atoms with Crippen molar-refractivity contribution in [2.24, 2.45) is 0 Å². The molecule has 3 rings (SSSR count). The van der Waals surface area contributed by atoms with E-state index in [4.69, 9.17) is 0 Å². The Hall–Kier alpha value is -2.04. The summed E-state index contributed by atoms with van der Waals surface area (Å²) in [4.78, 5) is 13.8. The zero-order valence-electron chi connectivity index (χ0n) is 11.3. The largest absolute Gasteiger partial charge is 0.417 e. The number of benzene rings is 1. The van der Waals surface area contributed by atoms with Crippen molar-refractivity contribution in [3.8, 4) is 0 Å². The number of halogens is 3. The van der Waals surface area contributed by atoms with Gasteiger partial charge in [-0.2, -0.15) is 13.2 Å². The van der Waals surface area contributed by atoms with Crippen LogP contribution in [0, 0.1) is 0 Å². The van der Waals surface area contributed by atoms with Crippen LogP contribution in [0.15, 0.2) is 35.1 Å². The molecule has 0 saturated carbocycles. The smallest absolute Gasteiger partial charge is 0.322 e. The molecule has 1 aromatic carbocycles. The molecule has 0 radical (unpaired) electrons. The molecule has 0 bridgehead atoms. The van der Waals surface area contributed by atoms with Gasteiger partial charge in [0.15, 0.2) is 0 Å². The molecule has 1 N–H and O–H groups in total. The molecule has 0 atom stereocenters. The molecule has 1 heterocycles. The summed E-state index contributed by atoms with van der Waals surface area (Å²) in [5.74, 6) is 0. The fourth-order valence-corrected chi connectivity index (χ4v) is 2.79. The van der Waals surface area contributed by atoms with Gasteiger partial charge in [-0.25, -0.2) is 0 Å². The summed E-state index contributed by atoms with van der Waals surface area (Å²) in [6.45, 7) is 0. The van der Waals surface area contributed by atoms with Gasteiger partial charge >= 0.3 is 6.18 Å². The van der Waals surface area contributed by atoms with Gasteiger partial charge in [-0.15, -0.1) is 0 Å². The van der Waals surface area contributed by atoms with E-state index >= 15 is 0 Å². The number of fused-ring (bicyclic) bond motifs is 1. The van der Waals surface area contributed by atoms with Crippen LogP contribution in [-0.2, 0) is 6.18 Å². The molecule has 0 aliphatic heterocycles. The molecule has 1 aromatic heterocycles. The van der Waals surface area contributed by atoms with Crippen molar-refractivity contribution in [3.63, 3.8) is 0 Å². The Bertz CT molecular complexity index is 771. The average molecular weight is 293 g/mol. The average Bonchev–Trinajstić information content (AvgIpc) is 2.46. The van der Waals surface area contributed by atoms with E-state index in [9.17, 15) is 18.0 Å². The second-order valence-corrected chi connectivity index (χ2v) is 5.28. The number of pyridine rings is 1. The highest BCUT2D eigenvalue weighted by Crippen LogP contribution is 2.35. The maximum absolute atomic E-state index is 13.1. The number of hydrogen-bond acceptors (Lipinski definition) is 1. The van der Waals surface area contributed by atoms with Gasteiger partial charge in [0.25, 0.3) is 0 Å². The highest BCUT2D eigenvalue weighted by Gasteiger charge is 2.33. The molecule has 21 heavy (non-hydrogen) atoms. The molecule has 0 spiro atoms. The topological polar surface area (TPSA) is 32.9 Å². The van der Waals surface area contributed by atoms with Crippen LogP contribution in [0.5, 0.6) is 0 Å². The lowest BCUT2D eigenvalue weighted by molar-refractivity contribution is -0.136. The zero-order chi connectivity index (χ0) is 15.0. The minimum Gasteiger partial charge on any atom is -0.322 e. The number of alkyl halides is 3. The predicted octanol–water partition coefficient (Wildman–Crippen LogP) is 4.50. The predicted molar refractivity (Wildman–Crippen MR) is 76.0 cm³/mol. The Labute approximate surface area is 119 Å². The first-order valence-corrected chi connectivity index (χ1v) is 6.89. The minimum absolute atomic E-state index is 0.0473. The molecule has 0 unspecified atom stereocenters. The van der Waals surface area contributed by atoms with E-state index in [1.807, 2.05) is 0 Å². The zero-order valence-corrected chi connectivity index (χ0v) is 11.3. The number of H-pyrrole nitrogens is 1. The van der Waals surface area contributed by atoms with Crippen molar-refractivity contribution < 1.29 is 13.2 Å². The lowest BCUT2D eigenvalue weighted by atomic mass is 9.92. The lowest BCUT2D eigenvalue weighted by Gasteiger charge is -2.15. The molecule has 1 aliphatic carbocycles. The van der Waals surface area contributed by atoms with Gasteiger partial charge < -0.3 is 4.98 Å². The Morgan fingerprint density at radius 1 is 1.10 bits per heavy atom. The van der Waals surface area contributed by atoms with E-state index in [0.29, 0.717) is 6.07 Å². The summed E-state index contributed by atoms with van der Waals surface area (Å²) in [7, 11) is 0. The van der Waals surface area contributed by atoms with Gasteiger partial charge in [-0.05, 0) is 49.0 Å². The molecule has 5 heteroatoms.